The predicted molar refractivity (Wildman–Crippen MR) is 136 cm³/mol. The number of amides is 1. The number of thioether (sulfide) groups is 2. The largest absolute Gasteiger partial charge is 0.870 e. The Hall–Kier alpha value is -3.08. The molecule has 1 heterocycles. The van der Waals surface area contributed by atoms with E-state index in [1.165, 1.54) is 45.6 Å². The minimum absolute atomic E-state index is 0.162. The Morgan fingerprint density at radius 2 is 2.00 bits per heavy atom. The number of ether oxygens (including phenoxy) is 1. The summed E-state index contributed by atoms with van der Waals surface area (Å²) in [5, 5.41) is 25.9. The van der Waals surface area contributed by atoms with E-state index in [0.717, 1.165) is 14.4 Å². The van der Waals surface area contributed by atoms with Crippen molar-refractivity contribution in [1.82, 2.24) is 10.5 Å². The van der Waals surface area contributed by atoms with Gasteiger partial charge in [-0.3, -0.25) is 4.79 Å². The van der Waals surface area contributed by atoms with Crippen LogP contribution in [0.2, 0.25) is 0 Å². The number of hydrogen-bond acceptors (Lipinski definition) is 8. The molecule has 0 aliphatic rings. The quantitative estimate of drug-likeness (QED) is 0.196. The number of nitrogens with one attached hydrogen (secondary N) is 2. The first kappa shape index (κ1) is 24.1. The number of carbonyl (C=O) groups is 1. The highest BCUT2D eigenvalue weighted by Crippen LogP contribution is 2.30. The minimum atomic E-state index is -0.283. The van der Waals surface area contributed by atoms with E-state index in [1.807, 2.05) is 13.0 Å². The molecule has 1 aromatic heterocycles. The van der Waals surface area contributed by atoms with Crippen molar-refractivity contribution in [3.8, 4) is 11.5 Å². The normalized spacial score (nSPS) is 11.2. The summed E-state index contributed by atoms with van der Waals surface area (Å²) in [6.07, 6.45) is 1.33. The van der Waals surface area contributed by atoms with Crippen molar-refractivity contribution in [2.45, 2.75) is 21.4 Å². The summed E-state index contributed by atoms with van der Waals surface area (Å²) < 4.78 is 7.03. The van der Waals surface area contributed by atoms with Gasteiger partial charge in [-0.15, -0.1) is 0 Å². The lowest BCUT2D eigenvalue weighted by Gasteiger charge is -2.15. The zero-order valence-corrected chi connectivity index (χ0v) is 20.8. The molecule has 1 amide bonds. The van der Waals surface area contributed by atoms with Crippen molar-refractivity contribution < 1.29 is 19.7 Å². The molecule has 10 heteroatoms. The van der Waals surface area contributed by atoms with Crippen molar-refractivity contribution >= 4 is 57.8 Å². The molecule has 4 rings (SSSR count). The lowest BCUT2D eigenvalue weighted by atomic mass is 10.1. The fourth-order valence-electron chi connectivity index (χ4n) is 3.14. The van der Waals surface area contributed by atoms with Gasteiger partial charge in [0.1, 0.15) is 5.75 Å². The molecule has 174 valence electrons. The number of H-pyrrole nitrogens is 1. The van der Waals surface area contributed by atoms with Gasteiger partial charge < -0.3 is 9.84 Å². The smallest absolute Gasteiger partial charge is 0.323 e. The molecule has 34 heavy (non-hydrogen) atoms. The number of hydrazone groups is 1. The van der Waals surface area contributed by atoms with Gasteiger partial charge in [0.05, 0.1) is 18.6 Å². The van der Waals surface area contributed by atoms with E-state index in [-0.39, 0.29) is 23.2 Å². The Kier molecular flexibility index (Phi) is 8.40. The summed E-state index contributed by atoms with van der Waals surface area (Å²) in [6, 6.07) is 19.6. The zero-order valence-electron chi connectivity index (χ0n) is 18.3. The summed E-state index contributed by atoms with van der Waals surface area (Å²) >= 11 is 4.53. The van der Waals surface area contributed by atoms with Gasteiger partial charge in [0.2, 0.25) is 4.34 Å². The Balaban J connectivity index is 1.25. The van der Waals surface area contributed by atoms with E-state index in [9.17, 15) is 9.90 Å². The number of hydrogen-bond donors (Lipinski definition) is 1. The van der Waals surface area contributed by atoms with Gasteiger partial charge in [-0.25, -0.2) is 5.43 Å². The summed E-state index contributed by atoms with van der Waals surface area (Å²) in [4.78, 5) is 12.1. The van der Waals surface area contributed by atoms with Gasteiger partial charge in [-0.05, 0) is 58.0 Å². The second kappa shape index (κ2) is 11.9. The number of para-hydroxylation sites is 1. The van der Waals surface area contributed by atoms with E-state index in [0.29, 0.717) is 12.2 Å². The minimum Gasteiger partial charge on any atom is -0.870 e. The molecule has 0 saturated carbocycles. The Labute approximate surface area is 209 Å². The van der Waals surface area contributed by atoms with Crippen molar-refractivity contribution in [3.63, 3.8) is 0 Å². The van der Waals surface area contributed by atoms with Gasteiger partial charge in [-0.2, -0.15) is 5.10 Å². The van der Waals surface area contributed by atoms with Crippen LogP contribution >= 0.6 is 34.9 Å². The molecule has 0 aliphatic heterocycles. The Morgan fingerprint density at radius 3 is 2.88 bits per heavy atom. The van der Waals surface area contributed by atoms with Crippen LogP contribution in [0, 0.1) is 0 Å². The van der Waals surface area contributed by atoms with Crippen LogP contribution in [0.5, 0.6) is 11.5 Å². The van der Waals surface area contributed by atoms with Gasteiger partial charge in [-0.1, -0.05) is 77.2 Å². The SMILES string of the molecule is CCOc1cccc(/C=N/NC(=O)CSc2n[nH+]c(SCc3cccc4ccccc34)s2)c1[O-]. The third kappa shape index (κ3) is 6.28. The van der Waals surface area contributed by atoms with Crippen LogP contribution in [0.3, 0.4) is 0 Å². The van der Waals surface area contributed by atoms with Crippen molar-refractivity contribution in [2.24, 2.45) is 5.10 Å². The molecule has 3 aromatic carbocycles. The first-order valence-corrected chi connectivity index (χ1v) is 13.3. The maximum atomic E-state index is 12.2. The summed E-state index contributed by atoms with van der Waals surface area (Å²) in [7, 11) is 0. The molecule has 0 aliphatic carbocycles. The average Bonchev–Trinajstić information content (AvgIpc) is 3.31. The molecule has 4 aromatic rings. The third-order valence-corrected chi connectivity index (χ3v) is 7.99. The van der Waals surface area contributed by atoms with Crippen molar-refractivity contribution in [2.75, 3.05) is 12.4 Å². The second-order valence-electron chi connectivity index (χ2n) is 7.00. The molecular formula is C24H22N4O3S3. The highest BCUT2D eigenvalue weighted by molar-refractivity contribution is 8.03. The fraction of sp³-hybridized carbons (Fsp3) is 0.167. The van der Waals surface area contributed by atoms with Crippen LogP contribution < -0.4 is 20.4 Å². The number of aromatic amines is 1. The topological polar surface area (TPSA) is 101 Å². The first-order chi connectivity index (χ1) is 16.6. The van der Waals surface area contributed by atoms with E-state index >= 15 is 0 Å². The van der Waals surface area contributed by atoms with E-state index in [1.54, 1.807) is 30.0 Å². The number of nitrogens with zero attached hydrogens (tertiary/aromatic N) is 2. The molecule has 0 spiro atoms. The number of rotatable bonds is 10. The summed E-state index contributed by atoms with van der Waals surface area (Å²) in [6.45, 7) is 2.21. The second-order valence-corrected chi connectivity index (χ2v) is 10.5. The Morgan fingerprint density at radius 1 is 1.18 bits per heavy atom. The fourth-order valence-corrected chi connectivity index (χ4v) is 6.03. The molecule has 7 nitrogen and oxygen atoms in total. The van der Waals surface area contributed by atoms with Gasteiger partial charge in [0.15, 0.2) is 0 Å². The van der Waals surface area contributed by atoms with Crippen LogP contribution in [-0.4, -0.2) is 29.6 Å². The van der Waals surface area contributed by atoms with Crippen molar-refractivity contribution in [3.05, 3.63) is 71.8 Å². The van der Waals surface area contributed by atoms with Crippen LogP contribution in [0.25, 0.3) is 10.8 Å². The molecule has 2 N–H and O–H groups in total. The zero-order chi connectivity index (χ0) is 23.8. The summed E-state index contributed by atoms with van der Waals surface area (Å²) in [5.41, 5.74) is 4.06. The van der Waals surface area contributed by atoms with Gasteiger partial charge in [0, 0.05) is 10.9 Å². The predicted octanol–water partition coefficient (Wildman–Crippen LogP) is 4.12. The first-order valence-electron chi connectivity index (χ1n) is 10.5. The lowest BCUT2D eigenvalue weighted by Crippen LogP contribution is -2.19. The maximum absolute atomic E-state index is 12.2. The third-order valence-electron chi connectivity index (χ3n) is 4.69. The molecule has 0 bridgehead atoms. The number of carbonyl (C=O) groups excluding carboxylic acids is 1. The highest BCUT2D eigenvalue weighted by atomic mass is 32.2. The average molecular weight is 511 g/mol. The van der Waals surface area contributed by atoms with Gasteiger partial charge in [0.25, 0.3) is 5.91 Å². The van der Waals surface area contributed by atoms with E-state index in [2.05, 4.69) is 57.1 Å². The standard InChI is InChI=1S/C24H22N4O3S3/c1-2-31-20-12-6-9-17(22(20)30)13-25-26-21(29)15-33-24-28-27-23(34-24)32-14-18-10-5-8-16-7-3-4-11-19(16)18/h3-13,30H,2,14-15H2,1H3,(H,26,29)/b25-13+. The number of aromatic nitrogens is 2. The number of fused-ring (bicyclic) bond motifs is 1. The highest BCUT2D eigenvalue weighted by Gasteiger charge is 2.14. The molecule has 0 saturated heterocycles. The summed E-state index contributed by atoms with van der Waals surface area (Å²) in [5.74, 6) is 0.710. The Bertz CT molecular complexity index is 1300. The van der Waals surface area contributed by atoms with Crippen LogP contribution in [0.1, 0.15) is 18.1 Å². The van der Waals surface area contributed by atoms with Gasteiger partial charge >= 0.3 is 4.34 Å². The molecule has 0 unspecified atom stereocenters. The van der Waals surface area contributed by atoms with Crippen LogP contribution in [-0.2, 0) is 10.5 Å². The molecule has 0 atom stereocenters. The molecule has 0 fully saturated rings. The van der Waals surface area contributed by atoms with E-state index in [4.69, 9.17) is 4.74 Å². The van der Waals surface area contributed by atoms with Crippen LogP contribution in [0.4, 0.5) is 0 Å². The molecular weight excluding hydrogens is 488 g/mol. The maximum Gasteiger partial charge on any atom is 0.323 e. The van der Waals surface area contributed by atoms with E-state index < -0.39 is 0 Å². The monoisotopic (exact) mass is 510 g/mol. The lowest BCUT2D eigenvalue weighted by molar-refractivity contribution is -0.492. The number of benzene rings is 3. The van der Waals surface area contributed by atoms with Crippen molar-refractivity contribution in [1.29, 1.82) is 0 Å². The van der Waals surface area contributed by atoms with Crippen LogP contribution in [0.15, 0.2) is 74.4 Å². The molecule has 0 radical (unpaired) electrons.